The number of thiophene rings is 1. The molecule has 1 aliphatic heterocycles. The van der Waals surface area contributed by atoms with Crippen molar-refractivity contribution in [1.82, 2.24) is 9.88 Å². The highest BCUT2D eigenvalue weighted by Crippen LogP contribution is 2.32. The van der Waals surface area contributed by atoms with Gasteiger partial charge in [-0.15, -0.1) is 0 Å². The quantitative estimate of drug-likeness (QED) is 0.829. The molecule has 1 saturated heterocycles. The Morgan fingerprint density at radius 1 is 1.44 bits per heavy atom. The van der Waals surface area contributed by atoms with Crippen molar-refractivity contribution in [2.24, 2.45) is 0 Å². The van der Waals surface area contributed by atoms with Gasteiger partial charge in [-0.05, 0) is 35.9 Å². The standard InChI is InChI=1S/C14H14N2OS/c17-14(12-5-8-18-10-12)16-7-2-4-13(16)11-3-1-6-15-9-11/h1,3,5-6,8-10,13H,2,4,7H2. The molecule has 0 spiro atoms. The van der Waals surface area contributed by atoms with Crippen molar-refractivity contribution < 1.29 is 4.79 Å². The van der Waals surface area contributed by atoms with E-state index in [4.69, 9.17) is 0 Å². The number of hydrogen-bond acceptors (Lipinski definition) is 3. The van der Waals surface area contributed by atoms with Gasteiger partial charge in [-0.25, -0.2) is 0 Å². The fourth-order valence-electron chi connectivity index (χ4n) is 2.48. The summed E-state index contributed by atoms with van der Waals surface area (Å²) in [5.41, 5.74) is 1.94. The van der Waals surface area contributed by atoms with E-state index in [9.17, 15) is 4.79 Å². The molecule has 1 unspecified atom stereocenters. The maximum absolute atomic E-state index is 12.4. The molecular formula is C14H14N2OS. The van der Waals surface area contributed by atoms with E-state index in [1.54, 1.807) is 17.5 Å². The summed E-state index contributed by atoms with van der Waals surface area (Å²) >= 11 is 1.56. The Morgan fingerprint density at radius 3 is 3.11 bits per heavy atom. The summed E-state index contributed by atoms with van der Waals surface area (Å²) in [6.45, 7) is 0.842. The van der Waals surface area contributed by atoms with Crippen molar-refractivity contribution in [1.29, 1.82) is 0 Å². The molecule has 3 nitrogen and oxygen atoms in total. The van der Waals surface area contributed by atoms with E-state index >= 15 is 0 Å². The van der Waals surface area contributed by atoms with E-state index in [1.807, 2.05) is 34.0 Å². The topological polar surface area (TPSA) is 33.2 Å². The van der Waals surface area contributed by atoms with Gasteiger partial charge in [0.15, 0.2) is 0 Å². The second-order valence-electron chi connectivity index (χ2n) is 4.45. The molecular weight excluding hydrogens is 244 g/mol. The molecule has 1 amide bonds. The van der Waals surface area contributed by atoms with Crippen molar-refractivity contribution in [3.63, 3.8) is 0 Å². The van der Waals surface area contributed by atoms with Crippen LogP contribution in [0.4, 0.5) is 0 Å². The number of nitrogens with zero attached hydrogens (tertiary/aromatic N) is 2. The van der Waals surface area contributed by atoms with Gasteiger partial charge in [0, 0.05) is 24.3 Å². The minimum absolute atomic E-state index is 0.141. The third-order valence-electron chi connectivity index (χ3n) is 3.35. The highest BCUT2D eigenvalue weighted by atomic mass is 32.1. The smallest absolute Gasteiger partial charge is 0.255 e. The molecule has 1 fully saturated rings. The van der Waals surface area contributed by atoms with Crippen LogP contribution < -0.4 is 0 Å². The molecule has 4 heteroatoms. The summed E-state index contributed by atoms with van der Waals surface area (Å²) in [6.07, 6.45) is 5.73. The summed E-state index contributed by atoms with van der Waals surface area (Å²) in [6, 6.07) is 6.06. The Hall–Kier alpha value is -1.68. The lowest BCUT2D eigenvalue weighted by atomic mass is 10.1. The average Bonchev–Trinajstić information content (AvgIpc) is 3.10. The second kappa shape index (κ2) is 4.90. The second-order valence-corrected chi connectivity index (χ2v) is 5.23. The van der Waals surface area contributed by atoms with Crippen LogP contribution in [0.25, 0.3) is 0 Å². The van der Waals surface area contributed by atoms with Crippen LogP contribution in [0.1, 0.15) is 34.8 Å². The van der Waals surface area contributed by atoms with Gasteiger partial charge in [0.05, 0.1) is 11.6 Å². The number of carbonyl (C=O) groups excluding carboxylic acids is 1. The van der Waals surface area contributed by atoms with Gasteiger partial charge in [-0.2, -0.15) is 11.3 Å². The monoisotopic (exact) mass is 258 g/mol. The van der Waals surface area contributed by atoms with Crippen molar-refractivity contribution in [3.8, 4) is 0 Å². The fraction of sp³-hybridized carbons (Fsp3) is 0.286. The largest absolute Gasteiger partial charge is 0.332 e. The van der Waals surface area contributed by atoms with Crippen LogP contribution in [-0.4, -0.2) is 22.3 Å². The molecule has 0 N–H and O–H groups in total. The normalized spacial score (nSPS) is 19.1. The van der Waals surface area contributed by atoms with Crippen molar-refractivity contribution in [3.05, 3.63) is 52.5 Å². The van der Waals surface area contributed by atoms with Crippen molar-refractivity contribution >= 4 is 17.2 Å². The third kappa shape index (κ3) is 2.04. The maximum Gasteiger partial charge on any atom is 0.255 e. The van der Waals surface area contributed by atoms with E-state index in [0.29, 0.717) is 0 Å². The van der Waals surface area contributed by atoms with Gasteiger partial charge >= 0.3 is 0 Å². The highest BCUT2D eigenvalue weighted by Gasteiger charge is 2.30. The van der Waals surface area contributed by atoms with E-state index in [0.717, 1.165) is 30.5 Å². The predicted molar refractivity (Wildman–Crippen MR) is 71.6 cm³/mol. The van der Waals surface area contributed by atoms with Crippen molar-refractivity contribution in [2.75, 3.05) is 6.54 Å². The van der Waals surface area contributed by atoms with E-state index < -0.39 is 0 Å². The number of pyridine rings is 1. The highest BCUT2D eigenvalue weighted by molar-refractivity contribution is 7.08. The molecule has 0 saturated carbocycles. The summed E-state index contributed by atoms with van der Waals surface area (Å²) in [5.74, 6) is 0.141. The zero-order valence-corrected chi connectivity index (χ0v) is 10.8. The first-order valence-corrected chi connectivity index (χ1v) is 7.03. The van der Waals surface area contributed by atoms with Crippen LogP contribution in [0.3, 0.4) is 0 Å². The van der Waals surface area contributed by atoms with E-state index in [2.05, 4.69) is 11.1 Å². The van der Waals surface area contributed by atoms with Crippen LogP contribution in [0.2, 0.25) is 0 Å². The number of likely N-dealkylation sites (tertiary alicyclic amines) is 1. The number of carbonyl (C=O) groups is 1. The molecule has 92 valence electrons. The van der Waals surface area contributed by atoms with Crippen LogP contribution in [-0.2, 0) is 0 Å². The molecule has 3 rings (SSSR count). The van der Waals surface area contributed by atoms with Gasteiger partial charge < -0.3 is 4.90 Å². The lowest BCUT2D eigenvalue weighted by Gasteiger charge is -2.24. The van der Waals surface area contributed by atoms with Gasteiger partial charge in [0.2, 0.25) is 0 Å². The zero-order chi connectivity index (χ0) is 12.4. The Morgan fingerprint density at radius 2 is 2.39 bits per heavy atom. The molecule has 2 aromatic heterocycles. The lowest BCUT2D eigenvalue weighted by molar-refractivity contribution is 0.0736. The van der Waals surface area contributed by atoms with Crippen LogP contribution in [0.5, 0.6) is 0 Å². The van der Waals surface area contributed by atoms with E-state index in [-0.39, 0.29) is 11.9 Å². The zero-order valence-electron chi connectivity index (χ0n) is 9.95. The van der Waals surface area contributed by atoms with Crippen molar-refractivity contribution in [2.45, 2.75) is 18.9 Å². The van der Waals surface area contributed by atoms with Gasteiger partial charge in [-0.1, -0.05) is 6.07 Å². The van der Waals surface area contributed by atoms with Crippen LogP contribution in [0.15, 0.2) is 41.4 Å². The van der Waals surface area contributed by atoms with Gasteiger partial charge in [0.1, 0.15) is 0 Å². The Kier molecular flexibility index (Phi) is 3.11. The van der Waals surface area contributed by atoms with Gasteiger partial charge in [-0.3, -0.25) is 9.78 Å². The SMILES string of the molecule is O=C(c1ccsc1)N1CCCC1c1cccnc1. The Balaban J connectivity index is 1.86. The maximum atomic E-state index is 12.4. The fourth-order valence-corrected chi connectivity index (χ4v) is 3.11. The Bertz CT molecular complexity index is 524. The molecule has 0 aliphatic carbocycles. The number of amides is 1. The molecule has 2 aromatic rings. The van der Waals surface area contributed by atoms with Crippen LogP contribution >= 0.6 is 11.3 Å². The first-order chi connectivity index (χ1) is 8.86. The Labute approximate surface area is 110 Å². The average molecular weight is 258 g/mol. The summed E-state index contributed by atoms with van der Waals surface area (Å²) in [5, 5.41) is 3.86. The third-order valence-corrected chi connectivity index (χ3v) is 4.03. The first kappa shape index (κ1) is 11.4. The molecule has 0 aromatic carbocycles. The summed E-state index contributed by atoms with van der Waals surface area (Å²) in [4.78, 5) is 18.5. The molecule has 1 atom stereocenters. The molecule has 18 heavy (non-hydrogen) atoms. The number of rotatable bonds is 2. The molecule has 0 radical (unpaired) electrons. The summed E-state index contributed by atoms with van der Waals surface area (Å²) < 4.78 is 0. The number of hydrogen-bond donors (Lipinski definition) is 0. The molecule has 1 aliphatic rings. The predicted octanol–water partition coefficient (Wildman–Crippen LogP) is 3.12. The lowest BCUT2D eigenvalue weighted by Crippen LogP contribution is -2.30. The first-order valence-electron chi connectivity index (χ1n) is 6.09. The molecule has 0 bridgehead atoms. The number of aromatic nitrogens is 1. The van der Waals surface area contributed by atoms with E-state index in [1.165, 1.54) is 0 Å². The minimum atomic E-state index is 0.141. The molecule has 3 heterocycles. The summed E-state index contributed by atoms with van der Waals surface area (Å²) in [7, 11) is 0. The van der Waals surface area contributed by atoms with Gasteiger partial charge in [0.25, 0.3) is 5.91 Å². The van der Waals surface area contributed by atoms with Crippen LogP contribution in [0, 0.1) is 0 Å². The minimum Gasteiger partial charge on any atom is -0.332 e.